The molecule has 152 valence electrons. The predicted molar refractivity (Wildman–Crippen MR) is 109 cm³/mol. The highest BCUT2D eigenvalue weighted by atomic mass is 35.5. The van der Waals surface area contributed by atoms with Gasteiger partial charge in [-0.15, -0.1) is 12.4 Å². The Kier molecular flexibility index (Phi) is 7.66. The first kappa shape index (κ1) is 22.0. The molecular weight excluding hydrogens is 383 g/mol. The number of amides is 1. The van der Waals surface area contributed by atoms with Crippen molar-refractivity contribution in [1.82, 2.24) is 10.2 Å². The van der Waals surface area contributed by atoms with Gasteiger partial charge in [0.15, 0.2) is 11.5 Å². The van der Waals surface area contributed by atoms with Gasteiger partial charge in [0.05, 0.1) is 19.3 Å². The van der Waals surface area contributed by atoms with E-state index in [1.165, 1.54) is 12.1 Å². The molecule has 0 aromatic heterocycles. The van der Waals surface area contributed by atoms with E-state index in [4.69, 9.17) is 9.47 Å². The van der Waals surface area contributed by atoms with Crippen LogP contribution in [0, 0.1) is 5.82 Å². The summed E-state index contributed by atoms with van der Waals surface area (Å²) in [6.45, 7) is 5.70. The van der Waals surface area contributed by atoms with Gasteiger partial charge in [0.25, 0.3) is 5.91 Å². The molecule has 1 saturated heterocycles. The Balaban J connectivity index is 0.00000280. The summed E-state index contributed by atoms with van der Waals surface area (Å²) in [7, 11) is 1.55. The minimum atomic E-state index is -0.303. The highest BCUT2D eigenvalue weighted by Gasteiger charge is 2.29. The fraction of sp³-hybridized carbons (Fsp3) is 0.381. The molecule has 0 spiro atoms. The van der Waals surface area contributed by atoms with Crippen molar-refractivity contribution >= 4 is 18.3 Å². The van der Waals surface area contributed by atoms with Crippen molar-refractivity contribution in [3.8, 4) is 11.5 Å². The first-order valence-electron chi connectivity index (χ1n) is 9.11. The SMILES string of the molecule is COc1cc(C(=O)N2CCNCC2c2cccc(F)c2)ccc1OC(C)C.Cl. The van der Waals surface area contributed by atoms with Crippen molar-refractivity contribution < 1.29 is 18.7 Å². The van der Waals surface area contributed by atoms with Gasteiger partial charge >= 0.3 is 0 Å². The number of benzene rings is 2. The highest BCUT2D eigenvalue weighted by Crippen LogP contribution is 2.31. The van der Waals surface area contributed by atoms with Gasteiger partial charge in [-0.25, -0.2) is 4.39 Å². The summed E-state index contributed by atoms with van der Waals surface area (Å²) in [5.74, 6) is 0.709. The quantitative estimate of drug-likeness (QED) is 0.816. The molecule has 1 aliphatic rings. The third-order valence-corrected chi connectivity index (χ3v) is 4.51. The second-order valence-corrected chi connectivity index (χ2v) is 6.81. The van der Waals surface area contributed by atoms with Crippen LogP contribution in [0.15, 0.2) is 42.5 Å². The van der Waals surface area contributed by atoms with E-state index in [-0.39, 0.29) is 36.3 Å². The van der Waals surface area contributed by atoms with Gasteiger partial charge in [0.1, 0.15) is 5.82 Å². The molecule has 1 fully saturated rings. The van der Waals surface area contributed by atoms with Crippen LogP contribution in [0.5, 0.6) is 11.5 Å². The van der Waals surface area contributed by atoms with E-state index in [1.54, 1.807) is 36.3 Å². The number of carbonyl (C=O) groups excluding carboxylic acids is 1. The Morgan fingerprint density at radius 1 is 1.21 bits per heavy atom. The number of carbonyl (C=O) groups is 1. The Bertz CT molecular complexity index is 816. The first-order chi connectivity index (χ1) is 13.0. The van der Waals surface area contributed by atoms with E-state index in [2.05, 4.69) is 5.32 Å². The van der Waals surface area contributed by atoms with Crippen LogP contribution in [0.2, 0.25) is 0 Å². The normalized spacial score (nSPS) is 16.5. The lowest BCUT2D eigenvalue weighted by Gasteiger charge is -2.36. The molecule has 1 unspecified atom stereocenters. The van der Waals surface area contributed by atoms with Crippen molar-refractivity contribution in [2.45, 2.75) is 26.0 Å². The minimum Gasteiger partial charge on any atom is -0.493 e. The van der Waals surface area contributed by atoms with Crippen molar-refractivity contribution in [3.63, 3.8) is 0 Å². The zero-order chi connectivity index (χ0) is 19.4. The molecule has 2 aromatic carbocycles. The molecule has 3 rings (SSSR count). The second kappa shape index (κ2) is 9.75. The number of piperazine rings is 1. The van der Waals surface area contributed by atoms with Crippen molar-refractivity contribution in [3.05, 3.63) is 59.4 Å². The molecule has 1 N–H and O–H groups in total. The summed E-state index contributed by atoms with van der Waals surface area (Å²) in [4.78, 5) is 15.0. The fourth-order valence-electron chi connectivity index (χ4n) is 3.28. The van der Waals surface area contributed by atoms with Crippen molar-refractivity contribution in [1.29, 1.82) is 0 Å². The van der Waals surface area contributed by atoms with E-state index in [0.29, 0.717) is 36.7 Å². The Hall–Kier alpha value is -2.31. The molecule has 0 bridgehead atoms. The van der Waals surface area contributed by atoms with Crippen LogP contribution in [-0.2, 0) is 0 Å². The van der Waals surface area contributed by atoms with Gasteiger partial charge in [0.2, 0.25) is 0 Å². The lowest BCUT2D eigenvalue weighted by molar-refractivity contribution is 0.0633. The minimum absolute atomic E-state index is 0. The third-order valence-electron chi connectivity index (χ3n) is 4.51. The average molecular weight is 409 g/mol. The summed E-state index contributed by atoms with van der Waals surface area (Å²) in [6.07, 6.45) is 0.00554. The molecule has 1 amide bonds. The Labute approximate surface area is 171 Å². The molecule has 1 aliphatic heterocycles. The van der Waals surface area contributed by atoms with Crippen LogP contribution in [0.4, 0.5) is 4.39 Å². The monoisotopic (exact) mass is 408 g/mol. The molecule has 7 heteroatoms. The van der Waals surface area contributed by atoms with Crippen molar-refractivity contribution in [2.75, 3.05) is 26.7 Å². The van der Waals surface area contributed by atoms with Gasteiger partial charge < -0.3 is 19.7 Å². The van der Waals surface area contributed by atoms with Crippen LogP contribution in [0.3, 0.4) is 0 Å². The number of nitrogens with zero attached hydrogens (tertiary/aromatic N) is 1. The van der Waals surface area contributed by atoms with Crippen molar-refractivity contribution in [2.24, 2.45) is 0 Å². The summed E-state index contributed by atoms with van der Waals surface area (Å²) in [6, 6.07) is 11.4. The lowest BCUT2D eigenvalue weighted by atomic mass is 10.0. The topological polar surface area (TPSA) is 50.8 Å². The summed E-state index contributed by atoms with van der Waals surface area (Å²) < 4.78 is 24.8. The summed E-state index contributed by atoms with van der Waals surface area (Å²) >= 11 is 0. The predicted octanol–water partition coefficient (Wildman–Crippen LogP) is 3.83. The zero-order valence-corrected chi connectivity index (χ0v) is 17.1. The molecule has 2 aromatic rings. The second-order valence-electron chi connectivity index (χ2n) is 6.81. The van der Waals surface area contributed by atoms with Gasteiger partial charge in [-0.2, -0.15) is 0 Å². The molecule has 5 nitrogen and oxygen atoms in total. The highest BCUT2D eigenvalue weighted by molar-refractivity contribution is 5.95. The largest absolute Gasteiger partial charge is 0.493 e. The maximum Gasteiger partial charge on any atom is 0.254 e. The Morgan fingerprint density at radius 3 is 2.68 bits per heavy atom. The molecule has 0 saturated carbocycles. The van der Waals surface area contributed by atoms with Gasteiger partial charge in [-0.1, -0.05) is 12.1 Å². The number of nitrogens with one attached hydrogen (secondary N) is 1. The maximum atomic E-state index is 13.7. The molecular formula is C21H26ClFN2O3. The van der Waals surface area contributed by atoms with E-state index >= 15 is 0 Å². The summed E-state index contributed by atoms with van der Waals surface area (Å²) in [5.41, 5.74) is 1.30. The standard InChI is InChI=1S/C21H25FN2O3.ClH/c1-14(2)27-19-8-7-16(12-20(19)26-3)21(25)24-10-9-23-13-18(24)15-5-4-6-17(22)11-15;/h4-8,11-12,14,18,23H,9-10,13H2,1-3H3;1H. The average Bonchev–Trinajstić information content (AvgIpc) is 2.67. The maximum absolute atomic E-state index is 13.7. The first-order valence-corrected chi connectivity index (χ1v) is 9.11. The molecule has 0 aliphatic carbocycles. The van der Waals surface area contributed by atoms with E-state index in [0.717, 1.165) is 5.56 Å². The van der Waals surface area contributed by atoms with Gasteiger partial charge in [-0.3, -0.25) is 4.79 Å². The van der Waals surface area contributed by atoms with Gasteiger partial charge in [0, 0.05) is 25.2 Å². The van der Waals surface area contributed by atoms with E-state index in [9.17, 15) is 9.18 Å². The van der Waals surface area contributed by atoms with Crippen LogP contribution in [-0.4, -0.2) is 43.7 Å². The summed E-state index contributed by atoms with van der Waals surface area (Å²) in [5, 5.41) is 3.28. The van der Waals surface area contributed by atoms with Crippen LogP contribution < -0.4 is 14.8 Å². The molecule has 1 heterocycles. The fourth-order valence-corrected chi connectivity index (χ4v) is 3.28. The molecule has 0 radical (unpaired) electrons. The number of halogens is 2. The lowest BCUT2D eigenvalue weighted by Crippen LogP contribution is -2.48. The smallest absolute Gasteiger partial charge is 0.254 e. The number of rotatable bonds is 5. The number of hydrogen-bond acceptors (Lipinski definition) is 4. The van der Waals surface area contributed by atoms with Crippen LogP contribution in [0.1, 0.15) is 35.8 Å². The molecule has 28 heavy (non-hydrogen) atoms. The number of hydrogen-bond donors (Lipinski definition) is 1. The van der Waals surface area contributed by atoms with Crippen LogP contribution >= 0.6 is 12.4 Å². The Morgan fingerprint density at radius 2 is 2.00 bits per heavy atom. The number of ether oxygens (including phenoxy) is 2. The molecule has 1 atom stereocenters. The number of methoxy groups -OCH3 is 1. The van der Waals surface area contributed by atoms with E-state index in [1.807, 2.05) is 19.9 Å². The van der Waals surface area contributed by atoms with E-state index < -0.39 is 0 Å². The van der Waals surface area contributed by atoms with Gasteiger partial charge in [-0.05, 0) is 49.7 Å². The third kappa shape index (κ3) is 4.94. The zero-order valence-electron chi connectivity index (χ0n) is 16.3. The van der Waals surface area contributed by atoms with Crippen LogP contribution in [0.25, 0.3) is 0 Å².